The Morgan fingerprint density at radius 2 is 2.15 bits per heavy atom. The first-order valence-electron chi connectivity index (χ1n) is 8.27. The van der Waals surface area contributed by atoms with Gasteiger partial charge in [0.2, 0.25) is 10.0 Å². The summed E-state index contributed by atoms with van der Waals surface area (Å²) in [6.07, 6.45) is 1.57. The minimum atomic E-state index is -3.90. The van der Waals surface area contributed by atoms with Crippen molar-refractivity contribution in [2.24, 2.45) is 0 Å². The highest BCUT2D eigenvalue weighted by molar-refractivity contribution is 7.89. The van der Waals surface area contributed by atoms with Crippen LogP contribution in [0.25, 0.3) is 0 Å². The molecule has 0 spiro atoms. The third-order valence-electron chi connectivity index (χ3n) is 4.41. The van der Waals surface area contributed by atoms with Gasteiger partial charge in [-0.1, -0.05) is 12.1 Å². The molecule has 0 aliphatic carbocycles. The molecular formula is C17H20N2O5S2. The highest BCUT2D eigenvalue weighted by Gasteiger charge is 2.32. The first-order valence-corrected chi connectivity index (χ1v) is 10.6. The fourth-order valence-corrected chi connectivity index (χ4v) is 5.55. The van der Waals surface area contributed by atoms with E-state index in [4.69, 9.17) is 4.74 Å². The topological polar surface area (TPSA) is 89.8 Å². The van der Waals surface area contributed by atoms with Gasteiger partial charge in [-0.2, -0.15) is 4.31 Å². The second kappa shape index (κ2) is 7.83. The molecule has 1 atom stereocenters. The van der Waals surface area contributed by atoms with Crippen LogP contribution < -0.4 is 0 Å². The number of ether oxygens (including phenoxy) is 1. The molecule has 1 fully saturated rings. The van der Waals surface area contributed by atoms with Crippen LogP contribution in [0.1, 0.15) is 23.3 Å². The van der Waals surface area contributed by atoms with Crippen LogP contribution in [-0.2, 0) is 21.3 Å². The number of rotatable bonds is 7. The summed E-state index contributed by atoms with van der Waals surface area (Å²) < 4.78 is 33.6. The second-order valence-electron chi connectivity index (χ2n) is 6.17. The van der Waals surface area contributed by atoms with Gasteiger partial charge in [-0.3, -0.25) is 10.1 Å². The van der Waals surface area contributed by atoms with E-state index in [2.05, 4.69) is 0 Å². The predicted molar refractivity (Wildman–Crippen MR) is 98.7 cm³/mol. The highest BCUT2D eigenvalue weighted by atomic mass is 32.2. The van der Waals surface area contributed by atoms with Crippen molar-refractivity contribution < 1.29 is 18.1 Å². The maximum atomic E-state index is 13.3. The van der Waals surface area contributed by atoms with E-state index in [1.54, 1.807) is 0 Å². The van der Waals surface area contributed by atoms with Crippen LogP contribution in [0.3, 0.4) is 0 Å². The standard InChI is InChI=1S/C17H20N2O5S2/c1-13-16(19(20)21)7-2-8-17(13)26(22,23)18(11-14-5-3-9-24-14)12-15-6-4-10-25-15/h2,4,6-8,10,14H,3,5,9,11-12H2,1H3/t14-/m0/s1. The zero-order chi connectivity index (χ0) is 18.7. The molecule has 1 aromatic carbocycles. The Balaban J connectivity index is 1.98. The average molecular weight is 396 g/mol. The van der Waals surface area contributed by atoms with Gasteiger partial charge in [0.1, 0.15) is 0 Å². The van der Waals surface area contributed by atoms with Crippen molar-refractivity contribution in [3.05, 3.63) is 56.3 Å². The zero-order valence-corrected chi connectivity index (χ0v) is 16.0. The van der Waals surface area contributed by atoms with Crippen LogP contribution in [0.4, 0.5) is 5.69 Å². The Morgan fingerprint density at radius 1 is 1.35 bits per heavy atom. The van der Waals surface area contributed by atoms with E-state index in [9.17, 15) is 18.5 Å². The highest BCUT2D eigenvalue weighted by Crippen LogP contribution is 2.29. The van der Waals surface area contributed by atoms with Crippen molar-refractivity contribution in [3.8, 4) is 0 Å². The molecule has 0 unspecified atom stereocenters. The summed E-state index contributed by atoms with van der Waals surface area (Å²) in [7, 11) is -3.90. The van der Waals surface area contributed by atoms with Gasteiger partial charge in [0.15, 0.2) is 0 Å². The fourth-order valence-electron chi connectivity index (χ4n) is 3.06. The summed E-state index contributed by atoms with van der Waals surface area (Å²) >= 11 is 1.48. The minimum Gasteiger partial charge on any atom is -0.377 e. The second-order valence-corrected chi connectivity index (χ2v) is 9.11. The molecular weight excluding hydrogens is 376 g/mol. The molecule has 2 heterocycles. The Kier molecular flexibility index (Phi) is 5.71. The number of sulfonamides is 1. The van der Waals surface area contributed by atoms with Crippen LogP contribution >= 0.6 is 11.3 Å². The maximum Gasteiger partial charge on any atom is 0.273 e. The quantitative estimate of drug-likeness (QED) is 0.529. The van der Waals surface area contributed by atoms with Crippen LogP contribution in [0.5, 0.6) is 0 Å². The predicted octanol–water partition coefficient (Wildman–Crippen LogP) is 3.33. The first-order chi connectivity index (χ1) is 12.4. The molecule has 9 heteroatoms. The van der Waals surface area contributed by atoms with Crippen LogP contribution in [0, 0.1) is 17.0 Å². The minimum absolute atomic E-state index is 0.0266. The number of hydrogen-bond acceptors (Lipinski definition) is 6. The number of benzene rings is 1. The normalized spacial score (nSPS) is 17.7. The van der Waals surface area contributed by atoms with Crippen molar-refractivity contribution in [3.63, 3.8) is 0 Å². The zero-order valence-electron chi connectivity index (χ0n) is 14.3. The number of nitro benzene ring substituents is 1. The van der Waals surface area contributed by atoms with Gasteiger partial charge >= 0.3 is 0 Å². The van der Waals surface area contributed by atoms with Crippen molar-refractivity contribution in [1.29, 1.82) is 0 Å². The molecule has 0 N–H and O–H groups in total. The summed E-state index contributed by atoms with van der Waals surface area (Å²) in [6, 6.07) is 7.90. The SMILES string of the molecule is Cc1c([N+](=O)[O-])cccc1S(=O)(=O)N(Cc1cccs1)C[C@@H]1CCCO1. The number of nitro groups is 1. The Labute approximate surface area is 156 Å². The third kappa shape index (κ3) is 3.96. The average Bonchev–Trinajstić information content (AvgIpc) is 3.27. The third-order valence-corrected chi connectivity index (χ3v) is 7.23. The molecule has 2 aromatic rings. The van der Waals surface area contributed by atoms with E-state index in [0.717, 1.165) is 17.7 Å². The molecule has 0 bridgehead atoms. The smallest absolute Gasteiger partial charge is 0.273 e. The first kappa shape index (κ1) is 19.0. The van der Waals surface area contributed by atoms with Crippen LogP contribution in [-0.4, -0.2) is 36.9 Å². The van der Waals surface area contributed by atoms with Gasteiger partial charge in [-0.25, -0.2) is 8.42 Å². The summed E-state index contributed by atoms with van der Waals surface area (Å²) in [6.45, 7) is 2.57. The van der Waals surface area contributed by atoms with Gasteiger partial charge in [0.05, 0.1) is 15.9 Å². The lowest BCUT2D eigenvalue weighted by Gasteiger charge is -2.25. The van der Waals surface area contributed by atoms with Crippen molar-refractivity contribution in [2.45, 2.75) is 37.3 Å². The summed E-state index contributed by atoms with van der Waals surface area (Å²) in [5.74, 6) is 0. The van der Waals surface area contributed by atoms with Gasteiger partial charge in [0, 0.05) is 36.2 Å². The molecule has 0 radical (unpaired) electrons. The Hall–Kier alpha value is -1.81. The Morgan fingerprint density at radius 3 is 2.77 bits per heavy atom. The molecule has 0 saturated carbocycles. The largest absolute Gasteiger partial charge is 0.377 e. The Bertz CT molecular complexity index is 875. The number of nitrogens with zero attached hydrogens (tertiary/aromatic N) is 2. The molecule has 3 rings (SSSR count). The molecule has 26 heavy (non-hydrogen) atoms. The molecule has 1 aliphatic heterocycles. The number of thiophene rings is 1. The summed E-state index contributed by atoms with van der Waals surface area (Å²) in [4.78, 5) is 11.5. The van der Waals surface area contributed by atoms with E-state index in [1.165, 1.54) is 40.8 Å². The van der Waals surface area contributed by atoms with Gasteiger partial charge in [0.25, 0.3) is 5.69 Å². The van der Waals surface area contributed by atoms with E-state index in [-0.39, 0.29) is 35.3 Å². The molecule has 0 amide bonds. The molecule has 1 aromatic heterocycles. The molecule has 7 nitrogen and oxygen atoms in total. The summed E-state index contributed by atoms with van der Waals surface area (Å²) in [5, 5.41) is 13.1. The molecule has 1 aliphatic rings. The van der Waals surface area contributed by atoms with Gasteiger partial charge < -0.3 is 4.74 Å². The lowest BCUT2D eigenvalue weighted by atomic mass is 10.2. The maximum absolute atomic E-state index is 13.3. The van der Waals surface area contributed by atoms with E-state index in [1.807, 2.05) is 17.5 Å². The van der Waals surface area contributed by atoms with Crippen LogP contribution in [0.15, 0.2) is 40.6 Å². The van der Waals surface area contributed by atoms with Crippen molar-refractivity contribution in [1.82, 2.24) is 4.31 Å². The lowest BCUT2D eigenvalue weighted by Crippen LogP contribution is -2.37. The summed E-state index contributed by atoms with van der Waals surface area (Å²) in [5.41, 5.74) is -0.0414. The molecule has 140 valence electrons. The number of hydrogen-bond donors (Lipinski definition) is 0. The van der Waals surface area contributed by atoms with Crippen molar-refractivity contribution in [2.75, 3.05) is 13.2 Å². The van der Waals surface area contributed by atoms with E-state index < -0.39 is 14.9 Å². The monoisotopic (exact) mass is 396 g/mol. The van der Waals surface area contributed by atoms with E-state index in [0.29, 0.717) is 6.61 Å². The lowest BCUT2D eigenvalue weighted by molar-refractivity contribution is -0.385. The fraction of sp³-hybridized carbons (Fsp3) is 0.412. The van der Waals surface area contributed by atoms with Gasteiger partial charge in [-0.15, -0.1) is 11.3 Å². The van der Waals surface area contributed by atoms with Gasteiger partial charge in [-0.05, 0) is 37.3 Å². The molecule has 1 saturated heterocycles. The van der Waals surface area contributed by atoms with Crippen molar-refractivity contribution >= 4 is 27.0 Å². The van der Waals surface area contributed by atoms with Crippen LogP contribution in [0.2, 0.25) is 0 Å². The van der Waals surface area contributed by atoms with E-state index >= 15 is 0 Å².